The zero-order valence-corrected chi connectivity index (χ0v) is 12.4. The maximum Gasteiger partial charge on any atom is 0.351 e. The lowest BCUT2D eigenvalue weighted by molar-refractivity contribution is -0.139. The summed E-state index contributed by atoms with van der Waals surface area (Å²) in [6.07, 6.45) is 1.42. The van der Waals surface area contributed by atoms with Crippen LogP contribution in [0.3, 0.4) is 0 Å². The minimum atomic E-state index is -0.505. The third kappa shape index (κ3) is 3.68. The van der Waals surface area contributed by atoms with Crippen molar-refractivity contribution in [3.63, 3.8) is 0 Å². The molecule has 1 fully saturated rings. The van der Waals surface area contributed by atoms with E-state index < -0.39 is 18.0 Å². The molecule has 1 saturated heterocycles. The minimum absolute atomic E-state index is 0.182. The number of amides is 1. The summed E-state index contributed by atoms with van der Waals surface area (Å²) in [6.45, 7) is 5.30. The van der Waals surface area contributed by atoms with Crippen molar-refractivity contribution in [3.05, 3.63) is 22.7 Å². The summed E-state index contributed by atoms with van der Waals surface area (Å²) in [5, 5.41) is 12.2. The van der Waals surface area contributed by atoms with Crippen LogP contribution in [0.15, 0.2) is 17.1 Å². The van der Waals surface area contributed by atoms with E-state index in [1.807, 2.05) is 0 Å². The molecule has 2 N–H and O–H groups in total. The molecule has 0 saturated carbocycles. The number of aliphatic hydroxyl groups is 1. The van der Waals surface area contributed by atoms with E-state index in [9.17, 15) is 14.7 Å². The average Bonchev–Trinajstić information content (AvgIpc) is 2.42. The molecule has 3 atom stereocenters. The van der Waals surface area contributed by atoms with Gasteiger partial charge < -0.3 is 15.2 Å². The number of anilines is 1. The summed E-state index contributed by atoms with van der Waals surface area (Å²) < 4.78 is 6.99. The fourth-order valence-electron chi connectivity index (χ4n) is 2.13. The number of carbonyl (C=O) groups excluding carboxylic acids is 1. The first kappa shape index (κ1) is 15.7. The van der Waals surface area contributed by atoms with Gasteiger partial charge in [-0.25, -0.2) is 4.79 Å². The van der Waals surface area contributed by atoms with Gasteiger partial charge in [-0.05, 0) is 25.8 Å². The van der Waals surface area contributed by atoms with E-state index in [4.69, 9.17) is 4.74 Å². The Labute approximate surface area is 123 Å². The SMILES string of the molecule is CC(C)C(=O)Nc1ccn([C@H]2CC[C@H](O)[C@@H](C)O2)c(=O)n1. The number of hydrogen-bond acceptors (Lipinski definition) is 5. The molecular formula is C14H21N3O4. The molecule has 116 valence electrons. The Balaban J connectivity index is 2.13. The molecule has 1 aromatic heterocycles. The van der Waals surface area contributed by atoms with E-state index in [-0.39, 0.29) is 23.7 Å². The molecule has 7 nitrogen and oxygen atoms in total. The van der Waals surface area contributed by atoms with Crippen LogP contribution in [0.25, 0.3) is 0 Å². The van der Waals surface area contributed by atoms with Gasteiger partial charge in [-0.15, -0.1) is 0 Å². The van der Waals surface area contributed by atoms with E-state index in [1.165, 1.54) is 4.57 Å². The topological polar surface area (TPSA) is 93.5 Å². The van der Waals surface area contributed by atoms with Crippen molar-refractivity contribution < 1.29 is 14.6 Å². The van der Waals surface area contributed by atoms with Crippen LogP contribution in [0.4, 0.5) is 5.82 Å². The third-order valence-electron chi connectivity index (χ3n) is 3.54. The lowest BCUT2D eigenvalue weighted by atomic mass is 10.1. The largest absolute Gasteiger partial charge is 0.390 e. The highest BCUT2D eigenvalue weighted by Gasteiger charge is 2.28. The van der Waals surface area contributed by atoms with Gasteiger partial charge in [0, 0.05) is 12.1 Å². The first-order valence-electron chi connectivity index (χ1n) is 7.12. The Bertz CT molecular complexity index is 570. The Morgan fingerprint density at radius 3 is 2.81 bits per heavy atom. The monoisotopic (exact) mass is 295 g/mol. The van der Waals surface area contributed by atoms with Crippen LogP contribution in [-0.4, -0.2) is 32.8 Å². The van der Waals surface area contributed by atoms with Gasteiger partial charge in [0.1, 0.15) is 12.0 Å². The molecule has 1 aliphatic heterocycles. The van der Waals surface area contributed by atoms with E-state index in [2.05, 4.69) is 10.3 Å². The molecule has 0 bridgehead atoms. The molecule has 2 rings (SSSR count). The number of carbonyl (C=O) groups is 1. The van der Waals surface area contributed by atoms with Crippen molar-refractivity contribution in [2.75, 3.05) is 5.32 Å². The van der Waals surface area contributed by atoms with Crippen molar-refractivity contribution in [2.45, 2.75) is 52.0 Å². The predicted molar refractivity (Wildman–Crippen MR) is 76.8 cm³/mol. The summed E-state index contributed by atoms with van der Waals surface area (Å²) in [4.78, 5) is 27.5. The van der Waals surface area contributed by atoms with Gasteiger partial charge in [-0.1, -0.05) is 13.8 Å². The van der Waals surface area contributed by atoms with Crippen LogP contribution in [-0.2, 0) is 9.53 Å². The molecule has 0 radical (unpaired) electrons. The van der Waals surface area contributed by atoms with Crippen LogP contribution >= 0.6 is 0 Å². The maximum absolute atomic E-state index is 12.0. The Morgan fingerprint density at radius 1 is 1.52 bits per heavy atom. The second kappa shape index (κ2) is 6.36. The van der Waals surface area contributed by atoms with Crippen LogP contribution in [0.5, 0.6) is 0 Å². The minimum Gasteiger partial charge on any atom is -0.390 e. The number of hydrogen-bond donors (Lipinski definition) is 2. The van der Waals surface area contributed by atoms with Gasteiger partial charge in [0.15, 0.2) is 0 Å². The highest BCUT2D eigenvalue weighted by molar-refractivity contribution is 5.90. The van der Waals surface area contributed by atoms with Crippen molar-refractivity contribution in [1.82, 2.24) is 9.55 Å². The number of ether oxygens (including phenoxy) is 1. The average molecular weight is 295 g/mol. The summed E-state index contributed by atoms with van der Waals surface area (Å²) in [7, 11) is 0. The molecule has 0 aromatic carbocycles. The van der Waals surface area contributed by atoms with Crippen LogP contribution < -0.4 is 11.0 Å². The molecule has 1 aliphatic rings. The van der Waals surface area contributed by atoms with E-state index in [0.717, 1.165) is 0 Å². The Morgan fingerprint density at radius 2 is 2.24 bits per heavy atom. The predicted octanol–water partition coefficient (Wildman–Crippen LogP) is 0.896. The normalized spacial score (nSPS) is 25.9. The van der Waals surface area contributed by atoms with E-state index in [1.54, 1.807) is 33.0 Å². The summed E-state index contributed by atoms with van der Waals surface area (Å²) >= 11 is 0. The lowest BCUT2D eigenvalue weighted by Gasteiger charge is -2.32. The smallest absolute Gasteiger partial charge is 0.351 e. The van der Waals surface area contributed by atoms with Crippen molar-refractivity contribution >= 4 is 11.7 Å². The molecule has 0 unspecified atom stereocenters. The first-order chi connectivity index (χ1) is 9.88. The second-order valence-corrected chi connectivity index (χ2v) is 5.59. The molecule has 1 aromatic rings. The Hall–Kier alpha value is -1.73. The third-order valence-corrected chi connectivity index (χ3v) is 3.54. The van der Waals surface area contributed by atoms with Crippen LogP contribution in [0.2, 0.25) is 0 Å². The van der Waals surface area contributed by atoms with Crippen LogP contribution in [0, 0.1) is 5.92 Å². The fourth-order valence-corrected chi connectivity index (χ4v) is 2.13. The maximum atomic E-state index is 12.0. The van der Waals surface area contributed by atoms with E-state index >= 15 is 0 Å². The van der Waals surface area contributed by atoms with Crippen molar-refractivity contribution in [3.8, 4) is 0 Å². The van der Waals surface area contributed by atoms with Gasteiger partial charge in [-0.2, -0.15) is 4.98 Å². The van der Waals surface area contributed by atoms with Crippen molar-refractivity contribution in [2.24, 2.45) is 5.92 Å². The number of nitrogens with one attached hydrogen (secondary N) is 1. The standard InChI is InChI=1S/C14H21N3O4/c1-8(2)13(19)15-11-6-7-17(14(20)16-11)12-5-4-10(18)9(3)21-12/h6-10,12,18H,4-5H2,1-3H3,(H,15,16,19,20)/t9-,10+,12-/m1/s1. The molecule has 0 spiro atoms. The van der Waals surface area contributed by atoms with Gasteiger partial charge in [-0.3, -0.25) is 9.36 Å². The quantitative estimate of drug-likeness (QED) is 0.864. The zero-order valence-electron chi connectivity index (χ0n) is 12.4. The van der Waals surface area contributed by atoms with Crippen molar-refractivity contribution in [1.29, 1.82) is 0 Å². The Kier molecular flexibility index (Phi) is 4.74. The molecule has 7 heteroatoms. The highest BCUT2D eigenvalue weighted by Crippen LogP contribution is 2.25. The second-order valence-electron chi connectivity index (χ2n) is 5.59. The molecule has 2 heterocycles. The van der Waals surface area contributed by atoms with Gasteiger partial charge in [0.2, 0.25) is 5.91 Å². The first-order valence-corrected chi connectivity index (χ1v) is 7.12. The zero-order chi connectivity index (χ0) is 15.6. The molecule has 0 aliphatic carbocycles. The summed E-state index contributed by atoms with van der Waals surface area (Å²) in [5.41, 5.74) is -0.481. The molecule has 1 amide bonds. The number of aliphatic hydroxyl groups excluding tert-OH is 1. The summed E-state index contributed by atoms with van der Waals surface area (Å²) in [6, 6.07) is 1.57. The van der Waals surface area contributed by atoms with Gasteiger partial charge in [0.05, 0.1) is 12.2 Å². The lowest BCUT2D eigenvalue weighted by Crippen LogP contribution is -2.39. The molecular weight excluding hydrogens is 274 g/mol. The fraction of sp³-hybridized carbons (Fsp3) is 0.643. The van der Waals surface area contributed by atoms with Gasteiger partial charge in [0.25, 0.3) is 0 Å². The highest BCUT2D eigenvalue weighted by atomic mass is 16.5. The summed E-state index contributed by atoms with van der Waals surface area (Å²) in [5.74, 6) is -0.137. The van der Waals surface area contributed by atoms with Gasteiger partial charge >= 0.3 is 5.69 Å². The molecule has 21 heavy (non-hydrogen) atoms. The number of rotatable bonds is 3. The van der Waals surface area contributed by atoms with Crippen LogP contribution in [0.1, 0.15) is 39.8 Å². The van der Waals surface area contributed by atoms with E-state index in [0.29, 0.717) is 12.8 Å². The number of nitrogens with zero attached hydrogens (tertiary/aromatic N) is 2. The number of aromatic nitrogens is 2.